The molecule has 20 heavy (non-hydrogen) atoms. The molecule has 0 amide bonds. The molecule has 1 heterocycles. The first-order chi connectivity index (χ1) is 9.76. The molecular formula is C15H18ClNO3. The summed E-state index contributed by atoms with van der Waals surface area (Å²) in [6.07, 6.45) is 2.92. The Labute approximate surface area is 123 Å². The van der Waals surface area contributed by atoms with Gasteiger partial charge in [-0.3, -0.25) is 0 Å². The second-order valence-corrected chi connectivity index (χ2v) is 4.71. The summed E-state index contributed by atoms with van der Waals surface area (Å²) in [5.41, 5.74) is 1.08. The number of ether oxygens (including phenoxy) is 2. The van der Waals surface area contributed by atoms with E-state index in [4.69, 9.17) is 21.1 Å². The van der Waals surface area contributed by atoms with E-state index in [0.717, 1.165) is 23.9 Å². The second-order valence-electron chi connectivity index (χ2n) is 4.33. The number of rotatable bonds is 7. The van der Waals surface area contributed by atoms with Gasteiger partial charge in [0.05, 0.1) is 12.1 Å². The Morgan fingerprint density at radius 3 is 2.95 bits per heavy atom. The zero-order chi connectivity index (χ0) is 14.4. The quantitative estimate of drug-likeness (QED) is 0.582. The van der Waals surface area contributed by atoms with Gasteiger partial charge in [-0.2, -0.15) is 0 Å². The molecule has 0 aliphatic rings. The zero-order valence-electron chi connectivity index (χ0n) is 11.5. The molecule has 0 N–H and O–H groups in total. The fourth-order valence-electron chi connectivity index (χ4n) is 2.09. The number of halogens is 1. The maximum Gasteiger partial charge on any atom is 0.344 e. The average molecular weight is 296 g/mol. The molecule has 108 valence electrons. The summed E-state index contributed by atoms with van der Waals surface area (Å²) in [7, 11) is 0. The minimum absolute atomic E-state index is 0.0696. The third-order valence-electron chi connectivity index (χ3n) is 2.96. The van der Waals surface area contributed by atoms with E-state index in [1.165, 1.54) is 0 Å². The molecule has 0 radical (unpaired) electrons. The van der Waals surface area contributed by atoms with Crippen LogP contribution in [0.2, 0.25) is 0 Å². The standard InChI is InChI=1S/C15H18ClNO3/c1-2-19-15(18)11-20-14-6-3-5-13-12(14)7-10-17(13)9-4-8-16/h3,5-7,10H,2,4,8-9,11H2,1H3. The van der Waals surface area contributed by atoms with Gasteiger partial charge in [-0.1, -0.05) is 6.07 Å². The molecular weight excluding hydrogens is 278 g/mol. The highest BCUT2D eigenvalue weighted by Gasteiger charge is 2.08. The van der Waals surface area contributed by atoms with Gasteiger partial charge in [0, 0.05) is 24.0 Å². The lowest BCUT2D eigenvalue weighted by molar-refractivity contribution is -0.145. The molecule has 0 fully saturated rings. The smallest absolute Gasteiger partial charge is 0.344 e. The first-order valence-electron chi connectivity index (χ1n) is 6.68. The van der Waals surface area contributed by atoms with Crippen LogP contribution in [0, 0.1) is 0 Å². The Balaban J connectivity index is 2.14. The Bertz CT molecular complexity index is 580. The number of carbonyl (C=O) groups excluding carboxylic acids is 1. The van der Waals surface area contributed by atoms with Gasteiger partial charge in [0.2, 0.25) is 0 Å². The molecule has 1 aromatic heterocycles. The van der Waals surface area contributed by atoms with Gasteiger partial charge < -0.3 is 14.0 Å². The van der Waals surface area contributed by atoms with Crippen molar-refractivity contribution >= 4 is 28.5 Å². The fourth-order valence-corrected chi connectivity index (χ4v) is 2.21. The van der Waals surface area contributed by atoms with Crippen LogP contribution >= 0.6 is 11.6 Å². The molecule has 0 bridgehead atoms. The minimum Gasteiger partial charge on any atom is -0.481 e. The molecule has 4 nitrogen and oxygen atoms in total. The van der Waals surface area contributed by atoms with Crippen LogP contribution in [0.4, 0.5) is 0 Å². The van der Waals surface area contributed by atoms with Crippen molar-refractivity contribution in [3.8, 4) is 5.75 Å². The van der Waals surface area contributed by atoms with E-state index < -0.39 is 0 Å². The first-order valence-corrected chi connectivity index (χ1v) is 7.22. The highest BCUT2D eigenvalue weighted by Crippen LogP contribution is 2.26. The van der Waals surface area contributed by atoms with Crippen LogP contribution in [0.5, 0.6) is 5.75 Å². The van der Waals surface area contributed by atoms with Gasteiger partial charge in [0.1, 0.15) is 5.75 Å². The molecule has 0 spiro atoms. The molecule has 0 atom stereocenters. The van der Waals surface area contributed by atoms with Gasteiger partial charge in [-0.15, -0.1) is 11.6 Å². The maximum absolute atomic E-state index is 11.3. The number of nitrogens with zero attached hydrogens (tertiary/aromatic N) is 1. The number of fused-ring (bicyclic) bond motifs is 1. The lowest BCUT2D eigenvalue weighted by Gasteiger charge is -2.08. The van der Waals surface area contributed by atoms with E-state index in [-0.39, 0.29) is 12.6 Å². The molecule has 0 saturated heterocycles. The van der Waals surface area contributed by atoms with Crippen molar-refractivity contribution in [1.82, 2.24) is 4.57 Å². The van der Waals surface area contributed by atoms with E-state index in [9.17, 15) is 4.79 Å². The van der Waals surface area contributed by atoms with Crippen LogP contribution in [0.25, 0.3) is 10.9 Å². The molecule has 2 rings (SSSR count). The summed E-state index contributed by atoms with van der Waals surface area (Å²) >= 11 is 5.73. The van der Waals surface area contributed by atoms with Crippen molar-refractivity contribution in [1.29, 1.82) is 0 Å². The first kappa shape index (κ1) is 14.7. The lowest BCUT2D eigenvalue weighted by Crippen LogP contribution is -2.14. The summed E-state index contributed by atoms with van der Waals surface area (Å²) < 4.78 is 12.5. The highest BCUT2D eigenvalue weighted by molar-refractivity contribution is 6.17. The van der Waals surface area contributed by atoms with Crippen molar-refractivity contribution in [2.45, 2.75) is 19.9 Å². The van der Waals surface area contributed by atoms with Crippen LogP contribution in [0.15, 0.2) is 30.5 Å². The minimum atomic E-state index is -0.355. The zero-order valence-corrected chi connectivity index (χ0v) is 12.2. The predicted octanol–water partition coefficient (Wildman–Crippen LogP) is 3.21. The molecule has 0 aliphatic carbocycles. The van der Waals surface area contributed by atoms with E-state index in [1.54, 1.807) is 6.92 Å². The lowest BCUT2D eigenvalue weighted by atomic mass is 10.2. The van der Waals surface area contributed by atoms with Crippen molar-refractivity contribution < 1.29 is 14.3 Å². The van der Waals surface area contributed by atoms with E-state index in [0.29, 0.717) is 18.2 Å². The normalized spacial score (nSPS) is 10.7. The van der Waals surface area contributed by atoms with Crippen LogP contribution < -0.4 is 4.74 Å². The van der Waals surface area contributed by atoms with Crippen LogP contribution in [0.3, 0.4) is 0 Å². The van der Waals surface area contributed by atoms with Gasteiger partial charge in [0.25, 0.3) is 0 Å². The molecule has 0 saturated carbocycles. The van der Waals surface area contributed by atoms with Crippen molar-refractivity contribution in [3.63, 3.8) is 0 Å². The maximum atomic E-state index is 11.3. The van der Waals surface area contributed by atoms with Crippen LogP contribution in [0.1, 0.15) is 13.3 Å². The summed E-state index contributed by atoms with van der Waals surface area (Å²) in [4.78, 5) is 11.3. The van der Waals surface area contributed by atoms with Crippen LogP contribution in [-0.2, 0) is 16.1 Å². The van der Waals surface area contributed by atoms with E-state index >= 15 is 0 Å². The summed E-state index contributed by atoms with van der Waals surface area (Å²) in [6, 6.07) is 7.79. The third-order valence-corrected chi connectivity index (χ3v) is 3.22. The Kier molecular flexibility index (Phi) is 5.30. The van der Waals surface area contributed by atoms with E-state index in [1.807, 2.05) is 30.5 Å². The number of hydrogen-bond donors (Lipinski definition) is 0. The summed E-state index contributed by atoms with van der Waals surface area (Å²) in [5, 5.41) is 0.992. The monoisotopic (exact) mass is 295 g/mol. The fraction of sp³-hybridized carbons (Fsp3) is 0.400. The molecule has 2 aromatic rings. The van der Waals surface area contributed by atoms with E-state index in [2.05, 4.69) is 4.57 Å². The predicted molar refractivity (Wildman–Crippen MR) is 79.4 cm³/mol. The molecule has 1 aromatic carbocycles. The van der Waals surface area contributed by atoms with Crippen molar-refractivity contribution in [3.05, 3.63) is 30.5 Å². The number of hydrogen-bond acceptors (Lipinski definition) is 3. The van der Waals surface area contributed by atoms with Crippen LogP contribution in [-0.4, -0.2) is 29.6 Å². The molecule has 0 aliphatic heterocycles. The van der Waals surface area contributed by atoms with Gasteiger partial charge in [-0.05, 0) is 31.5 Å². The second kappa shape index (κ2) is 7.20. The Hall–Kier alpha value is -1.68. The Morgan fingerprint density at radius 2 is 2.20 bits per heavy atom. The van der Waals surface area contributed by atoms with Gasteiger partial charge in [0.15, 0.2) is 6.61 Å². The number of alkyl halides is 1. The number of aromatic nitrogens is 1. The van der Waals surface area contributed by atoms with Crippen molar-refractivity contribution in [2.24, 2.45) is 0 Å². The Morgan fingerprint density at radius 1 is 1.35 bits per heavy atom. The highest BCUT2D eigenvalue weighted by atomic mass is 35.5. The summed E-state index contributed by atoms with van der Waals surface area (Å²) in [5.74, 6) is 0.977. The SMILES string of the molecule is CCOC(=O)COc1cccc2c1ccn2CCCCl. The number of benzene rings is 1. The molecule has 0 unspecified atom stereocenters. The van der Waals surface area contributed by atoms with Gasteiger partial charge >= 0.3 is 5.97 Å². The average Bonchev–Trinajstić information content (AvgIpc) is 2.87. The topological polar surface area (TPSA) is 40.5 Å². The van der Waals surface area contributed by atoms with Gasteiger partial charge in [-0.25, -0.2) is 4.79 Å². The largest absolute Gasteiger partial charge is 0.481 e. The third kappa shape index (κ3) is 3.45. The number of aryl methyl sites for hydroxylation is 1. The summed E-state index contributed by atoms with van der Waals surface area (Å²) in [6.45, 7) is 2.94. The molecule has 5 heteroatoms. The number of carbonyl (C=O) groups is 1. The number of esters is 1. The van der Waals surface area contributed by atoms with Crippen molar-refractivity contribution in [2.75, 3.05) is 19.1 Å².